The largest absolute Gasteiger partial charge is 0.416 e. The summed E-state index contributed by atoms with van der Waals surface area (Å²) in [6, 6.07) is 5.22. The van der Waals surface area contributed by atoms with Crippen LogP contribution in [0.15, 0.2) is 24.3 Å². The lowest BCUT2D eigenvalue weighted by molar-refractivity contribution is -0.137. The highest BCUT2D eigenvalue weighted by Crippen LogP contribution is 2.53. The number of nitrogens with zero attached hydrogens (tertiary/aromatic N) is 1. The summed E-state index contributed by atoms with van der Waals surface area (Å²) in [5, 5.41) is 2.48. The van der Waals surface area contributed by atoms with Crippen molar-refractivity contribution < 1.29 is 22.8 Å². The summed E-state index contributed by atoms with van der Waals surface area (Å²) in [5.41, 5.74) is -0.704. The van der Waals surface area contributed by atoms with Crippen LogP contribution in [-0.2, 0) is 15.8 Å². The first-order valence-electron chi connectivity index (χ1n) is 11.1. The first-order chi connectivity index (χ1) is 14.3. The molecule has 1 aromatic rings. The molecule has 0 spiro atoms. The van der Waals surface area contributed by atoms with Crippen LogP contribution < -0.4 is 5.32 Å². The molecule has 0 radical (unpaired) electrons. The smallest absolute Gasteiger partial charge is 0.326 e. The van der Waals surface area contributed by atoms with E-state index in [9.17, 15) is 22.8 Å². The van der Waals surface area contributed by atoms with Crippen molar-refractivity contribution in [1.82, 2.24) is 4.90 Å². The Morgan fingerprint density at radius 2 is 1.67 bits per heavy atom. The van der Waals surface area contributed by atoms with Gasteiger partial charge < -0.3 is 5.32 Å². The summed E-state index contributed by atoms with van der Waals surface area (Å²) < 4.78 is 38.3. The molecule has 1 heterocycles. The highest BCUT2D eigenvalue weighted by molar-refractivity contribution is 5.94. The number of benzene rings is 1. The average molecular weight is 422 g/mol. The van der Waals surface area contributed by atoms with Crippen LogP contribution in [0.5, 0.6) is 0 Å². The zero-order valence-corrected chi connectivity index (χ0v) is 17.1. The van der Waals surface area contributed by atoms with Crippen LogP contribution in [0.1, 0.15) is 56.9 Å². The fraction of sp³-hybridized carbons (Fsp3) is 0.652. The van der Waals surface area contributed by atoms with Gasteiger partial charge >= 0.3 is 6.18 Å². The van der Waals surface area contributed by atoms with Gasteiger partial charge in [0.1, 0.15) is 5.78 Å². The molecule has 3 fully saturated rings. The maximum atomic E-state index is 12.8. The number of rotatable bonds is 6. The van der Waals surface area contributed by atoms with E-state index in [-0.39, 0.29) is 30.2 Å². The van der Waals surface area contributed by atoms with Crippen molar-refractivity contribution in [2.24, 2.45) is 17.8 Å². The van der Waals surface area contributed by atoms with Crippen molar-refractivity contribution >= 4 is 17.4 Å². The maximum Gasteiger partial charge on any atom is 0.416 e. The number of carbonyl (C=O) groups is 2. The standard InChI is InChI=1S/C23H29F3N2O2/c24-23(25,26)15-6-5-7-16(12-15)27-21(30)11-10-20(29)22-18-13-28(14-19(18)22)17-8-3-1-2-4-9-17/h5-7,12,17-19,22H,1-4,8-11,13-14H2,(H,27,30)/t18-,19+,22?. The molecule has 0 bridgehead atoms. The second kappa shape index (κ2) is 8.69. The van der Waals surface area contributed by atoms with E-state index in [1.54, 1.807) is 0 Å². The number of carbonyl (C=O) groups excluding carboxylic acids is 2. The molecule has 4 nitrogen and oxygen atoms in total. The summed E-state index contributed by atoms with van der Waals surface area (Å²) in [7, 11) is 0. The van der Waals surface area contributed by atoms with Crippen LogP contribution in [0.25, 0.3) is 0 Å². The summed E-state index contributed by atoms with van der Waals surface area (Å²) in [4.78, 5) is 27.2. The lowest BCUT2D eigenvalue weighted by Crippen LogP contribution is -2.36. The molecule has 1 N–H and O–H groups in total. The zero-order valence-electron chi connectivity index (χ0n) is 17.1. The molecule has 7 heteroatoms. The molecule has 164 valence electrons. The number of fused-ring (bicyclic) bond motifs is 1. The van der Waals surface area contributed by atoms with Gasteiger partial charge in [0.05, 0.1) is 5.56 Å². The Kier molecular flexibility index (Phi) is 6.19. The van der Waals surface area contributed by atoms with Crippen LogP contribution in [0.3, 0.4) is 0 Å². The molecule has 1 aliphatic heterocycles. The third-order valence-corrected chi connectivity index (χ3v) is 7.01. The Bertz CT molecular complexity index is 775. The quantitative estimate of drug-likeness (QED) is 0.664. The molecular formula is C23H29F3N2O2. The van der Waals surface area contributed by atoms with Gasteiger partial charge in [-0.3, -0.25) is 14.5 Å². The second-order valence-corrected chi connectivity index (χ2v) is 9.05. The van der Waals surface area contributed by atoms with Crippen LogP contribution in [0.4, 0.5) is 18.9 Å². The number of nitrogens with one attached hydrogen (secondary N) is 1. The highest BCUT2D eigenvalue weighted by Gasteiger charge is 2.59. The number of anilines is 1. The van der Waals surface area contributed by atoms with Crippen molar-refractivity contribution in [2.75, 3.05) is 18.4 Å². The Morgan fingerprint density at radius 1 is 1.00 bits per heavy atom. The van der Waals surface area contributed by atoms with E-state index in [0.29, 0.717) is 17.9 Å². The molecule has 1 amide bonds. The van der Waals surface area contributed by atoms with Crippen LogP contribution >= 0.6 is 0 Å². The van der Waals surface area contributed by atoms with Crippen molar-refractivity contribution in [3.05, 3.63) is 29.8 Å². The van der Waals surface area contributed by atoms with E-state index in [2.05, 4.69) is 10.2 Å². The summed E-state index contributed by atoms with van der Waals surface area (Å²) >= 11 is 0. The maximum absolute atomic E-state index is 12.8. The van der Waals surface area contributed by atoms with Crippen LogP contribution in [0.2, 0.25) is 0 Å². The Labute approximate surface area is 175 Å². The number of amides is 1. The second-order valence-electron chi connectivity index (χ2n) is 9.05. The van der Waals surface area contributed by atoms with Gasteiger partial charge in [-0.25, -0.2) is 0 Å². The van der Waals surface area contributed by atoms with Gasteiger partial charge in [-0.15, -0.1) is 0 Å². The molecule has 3 atom stereocenters. The van der Waals surface area contributed by atoms with Crippen LogP contribution in [-0.4, -0.2) is 35.7 Å². The number of hydrogen-bond donors (Lipinski definition) is 1. The monoisotopic (exact) mass is 422 g/mol. The number of likely N-dealkylation sites (tertiary alicyclic amines) is 1. The number of halogens is 3. The number of ketones is 1. The highest BCUT2D eigenvalue weighted by atomic mass is 19.4. The molecule has 1 unspecified atom stereocenters. The molecule has 4 rings (SSSR count). The summed E-state index contributed by atoms with van der Waals surface area (Å²) in [6.45, 7) is 2.00. The van der Waals surface area contributed by atoms with Crippen molar-refractivity contribution in [3.63, 3.8) is 0 Å². The van der Waals surface area contributed by atoms with Gasteiger partial charge in [0.25, 0.3) is 0 Å². The lowest BCUT2D eigenvalue weighted by atomic mass is 10.0. The van der Waals surface area contributed by atoms with Gasteiger partial charge in [-0.1, -0.05) is 31.7 Å². The average Bonchev–Trinajstić information content (AvgIpc) is 3.33. The minimum atomic E-state index is -4.45. The van der Waals surface area contributed by atoms with Crippen molar-refractivity contribution in [1.29, 1.82) is 0 Å². The summed E-state index contributed by atoms with van der Waals surface area (Å²) in [6.07, 6.45) is 3.54. The molecule has 1 saturated heterocycles. The molecular weight excluding hydrogens is 393 g/mol. The Hall–Kier alpha value is -1.89. The van der Waals surface area contributed by atoms with E-state index < -0.39 is 17.6 Å². The Balaban J connectivity index is 1.20. The number of piperidine rings is 1. The molecule has 0 aromatic heterocycles. The molecule has 3 aliphatic rings. The third-order valence-electron chi connectivity index (χ3n) is 7.01. The van der Waals surface area contributed by atoms with Crippen molar-refractivity contribution in [2.45, 2.75) is 63.6 Å². The zero-order chi connectivity index (χ0) is 21.3. The van der Waals surface area contributed by atoms with E-state index in [1.807, 2.05) is 0 Å². The first kappa shape index (κ1) is 21.3. The van der Waals surface area contributed by atoms with E-state index in [0.717, 1.165) is 25.2 Å². The van der Waals surface area contributed by atoms with Crippen molar-refractivity contribution in [3.8, 4) is 0 Å². The Morgan fingerprint density at radius 3 is 2.30 bits per heavy atom. The predicted molar refractivity (Wildman–Crippen MR) is 108 cm³/mol. The van der Waals surface area contributed by atoms with E-state index >= 15 is 0 Å². The number of hydrogen-bond acceptors (Lipinski definition) is 3. The topological polar surface area (TPSA) is 49.4 Å². The molecule has 2 saturated carbocycles. The lowest BCUT2D eigenvalue weighted by Gasteiger charge is -2.28. The van der Waals surface area contributed by atoms with Crippen LogP contribution in [0, 0.1) is 17.8 Å². The van der Waals surface area contributed by atoms with Gasteiger partial charge in [0.2, 0.25) is 5.91 Å². The summed E-state index contributed by atoms with van der Waals surface area (Å²) in [5.74, 6) is 0.659. The van der Waals surface area contributed by atoms with Gasteiger partial charge in [0, 0.05) is 43.6 Å². The minimum Gasteiger partial charge on any atom is -0.326 e. The third kappa shape index (κ3) is 4.88. The molecule has 30 heavy (non-hydrogen) atoms. The van der Waals surface area contributed by atoms with Gasteiger partial charge in [-0.2, -0.15) is 13.2 Å². The van der Waals surface area contributed by atoms with E-state index in [4.69, 9.17) is 0 Å². The molecule has 2 aliphatic carbocycles. The number of alkyl halides is 3. The minimum absolute atomic E-state index is 0.0113. The van der Waals surface area contributed by atoms with Gasteiger partial charge in [-0.05, 0) is 42.9 Å². The fourth-order valence-corrected chi connectivity index (χ4v) is 5.36. The fourth-order valence-electron chi connectivity index (χ4n) is 5.36. The first-order valence-corrected chi connectivity index (χ1v) is 11.1. The number of Topliss-reactive ketones (excluding diaryl/α,β-unsaturated/α-hetero) is 1. The van der Waals surface area contributed by atoms with Gasteiger partial charge in [0.15, 0.2) is 0 Å². The SMILES string of the molecule is O=C(CCC(=O)C1[C@H]2CN(C3CCCCCC3)C[C@@H]12)Nc1cccc(C(F)(F)F)c1. The van der Waals surface area contributed by atoms with E-state index in [1.165, 1.54) is 50.7 Å². The normalized spacial score (nSPS) is 27.4. The molecule has 1 aromatic carbocycles. The predicted octanol–water partition coefficient (Wildman–Crippen LogP) is 4.89.